The Morgan fingerprint density at radius 1 is 1.18 bits per heavy atom. The van der Waals surface area contributed by atoms with Gasteiger partial charge in [0.25, 0.3) is 5.91 Å². The lowest BCUT2D eigenvalue weighted by atomic mass is 10.1. The molecule has 6 nitrogen and oxygen atoms in total. The number of anilines is 1. The molecule has 6 heteroatoms. The maximum Gasteiger partial charge on any atom is 0.319 e. The second-order valence-corrected chi connectivity index (χ2v) is 7.22. The summed E-state index contributed by atoms with van der Waals surface area (Å²) in [6.07, 6.45) is 1.27. The Labute approximate surface area is 165 Å². The lowest BCUT2D eigenvalue weighted by Crippen LogP contribution is -2.35. The molecule has 1 atom stereocenters. The summed E-state index contributed by atoms with van der Waals surface area (Å²) < 4.78 is 0. The standard InChI is InChI=1S/C22H27N3O3/c1-3-25(14-20(26)16-9-7-15(2)8-10-16)21(27)17-5-4-6-19(13-17)24-22(28)23-18-11-12-18/h4-10,13,18,20,26H,3,11-12,14H2,1-2H3,(H2,23,24,28)/t20-/m1/s1. The summed E-state index contributed by atoms with van der Waals surface area (Å²) in [6, 6.07) is 14.5. The zero-order chi connectivity index (χ0) is 20.1. The number of aliphatic hydroxyl groups excluding tert-OH is 1. The van der Waals surface area contributed by atoms with Crippen molar-refractivity contribution in [2.45, 2.75) is 38.8 Å². The third-order valence-electron chi connectivity index (χ3n) is 4.80. The summed E-state index contributed by atoms with van der Waals surface area (Å²) in [6.45, 7) is 4.55. The van der Waals surface area contributed by atoms with Gasteiger partial charge < -0.3 is 20.6 Å². The van der Waals surface area contributed by atoms with E-state index in [0.29, 0.717) is 17.8 Å². The lowest BCUT2D eigenvalue weighted by molar-refractivity contribution is 0.0635. The van der Waals surface area contributed by atoms with Gasteiger partial charge in [-0.3, -0.25) is 4.79 Å². The van der Waals surface area contributed by atoms with Crippen LogP contribution in [0.4, 0.5) is 10.5 Å². The third kappa shape index (κ3) is 5.33. The van der Waals surface area contributed by atoms with Crippen molar-refractivity contribution in [1.82, 2.24) is 10.2 Å². The molecule has 3 rings (SSSR count). The van der Waals surface area contributed by atoms with E-state index in [1.807, 2.05) is 38.1 Å². The minimum absolute atomic E-state index is 0.181. The van der Waals surface area contributed by atoms with Crippen LogP contribution in [0.15, 0.2) is 48.5 Å². The van der Waals surface area contributed by atoms with Crippen molar-refractivity contribution < 1.29 is 14.7 Å². The number of carbonyl (C=O) groups is 2. The first-order chi connectivity index (χ1) is 13.5. The fourth-order valence-corrected chi connectivity index (χ4v) is 2.95. The van der Waals surface area contributed by atoms with Crippen LogP contribution in [0.2, 0.25) is 0 Å². The molecule has 3 N–H and O–H groups in total. The predicted octanol–water partition coefficient (Wildman–Crippen LogP) is 3.47. The number of nitrogens with one attached hydrogen (secondary N) is 2. The second-order valence-electron chi connectivity index (χ2n) is 7.22. The third-order valence-corrected chi connectivity index (χ3v) is 4.80. The topological polar surface area (TPSA) is 81.7 Å². The number of nitrogens with zero attached hydrogens (tertiary/aromatic N) is 1. The SMILES string of the molecule is CCN(C[C@@H](O)c1ccc(C)cc1)C(=O)c1cccc(NC(=O)NC2CC2)c1. The van der Waals surface area contributed by atoms with Crippen LogP contribution in [-0.4, -0.2) is 41.1 Å². The molecule has 0 unspecified atom stereocenters. The molecule has 1 aliphatic rings. The average molecular weight is 381 g/mol. The van der Waals surface area contributed by atoms with Gasteiger partial charge in [-0.05, 0) is 50.5 Å². The van der Waals surface area contributed by atoms with E-state index < -0.39 is 6.10 Å². The average Bonchev–Trinajstić information content (AvgIpc) is 3.50. The van der Waals surface area contributed by atoms with Gasteiger partial charge in [-0.2, -0.15) is 0 Å². The van der Waals surface area contributed by atoms with E-state index in [4.69, 9.17) is 0 Å². The number of carbonyl (C=O) groups excluding carboxylic acids is 2. The highest BCUT2D eigenvalue weighted by Crippen LogP contribution is 2.20. The highest BCUT2D eigenvalue weighted by molar-refractivity contribution is 5.97. The number of likely N-dealkylation sites (N-methyl/N-ethyl adjacent to an activating group) is 1. The van der Waals surface area contributed by atoms with Gasteiger partial charge >= 0.3 is 6.03 Å². The Hall–Kier alpha value is -2.86. The van der Waals surface area contributed by atoms with E-state index >= 15 is 0 Å². The zero-order valence-corrected chi connectivity index (χ0v) is 16.3. The second kappa shape index (κ2) is 8.89. The van der Waals surface area contributed by atoms with E-state index in [9.17, 15) is 14.7 Å². The molecule has 0 bridgehead atoms. The molecule has 0 aliphatic heterocycles. The van der Waals surface area contributed by atoms with Crippen molar-refractivity contribution >= 4 is 17.6 Å². The number of urea groups is 1. The van der Waals surface area contributed by atoms with E-state index in [1.165, 1.54) is 0 Å². The Balaban J connectivity index is 1.65. The summed E-state index contributed by atoms with van der Waals surface area (Å²) in [7, 11) is 0. The minimum Gasteiger partial charge on any atom is -0.387 e. The molecule has 2 aromatic rings. The molecule has 28 heavy (non-hydrogen) atoms. The van der Waals surface area contributed by atoms with Crippen LogP contribution < -0.4 is 10.6 Å². The van der Waals surface area contributed by atoms with Gasteiger partial charge in [-0.25, -0.2) is 4.79 Å². The minimum atomic E-state index is -0.755. The largest absolute Gasteiger partial charge is 0.387 e. The molecule has 0 radical (unpaired) electrons. The van der Waals surface area contributed by atoms with Crippen molar-refractivity contribution in [3.8, 4) is 0 Å². The van der Waals surface area contributed by atoms with Crippen LogP contribution in [0.25, 0.3) is 0 Å². The van der Waals surface area contributed by atoms with Crippen LogP contribution >= 0.6 is 0 Å². The van der Waals surface area contributed by atoms with Gasteiger partial charge in [0.15, 0.2) is 0 Å². The van der Waals surface area contributed by atoms with Crippen molar-refractivity contribution in [2.75, 3.05) is 18.4 Å². The summed E-state index contributed by atoms with van der Waals surface area (Å²) >= 11 is 0. The monoisotopic (exact) mass is 381 g/mol. The Bertz CT molecular complexity index is 831. The van der Waals surface area contributed by atoms with E-state index in [2.05, 4.69) is 10.6 Å². The molecule has 148 valence electrons. The maximum atomic E-state index is 12.9. The maximum absolute atomic E-state index is 12.9. The van der Waals surface area contributed by atoms with Crippen molar-refractivity contribution in [2.24, 2.45) is 0 Å². The molecule has 3 amide bonds. The fourth-order valence-electron chi connectivity index (χ4n) is 2.95. The first-order valence-electron chi connectivity index (χ1n) is 9.67. The quantitative estimate of drug-likeness (QED) is 0.687. The fraction of sp³-hybridized carbons (Fsp3) is 0.364. The van der Waals surface area contributed by atoms with Gasteiger partial charge in [-0.1, -0.05) is 35.9 Å². The summed E-state index contributed by atoms with van der Waals surface area (Å²) in [4.78, 5) is 26.4. The number of amides is 3. The van der Waals surface area contributed by atoms with Crippen LogP contribution in [0, 0.1) is 6.92 Å². The normalized spacial score (nSPS) is 14.2. The molecule has 0 aromatic heterocycles. The van der Waals surface area contributed by atoms with Gasteiger partial charge in [0.1, 0.15) is 0 Å². The number of rotatable bonds is 7. The first kappa shape index (κ1) is 19.9. The number of hydrogen-bond acceptors (Lipinski definition) is 3. The van der Waals surface area contributed by atoms with Gasteiger partial charge in [0.2, 0.25) is 0 Å². The van der Waals surface area contributed by atoms with Crippen LogP contribution in [-0.2, 0) is 0 Å². The van der Waals surface area contributed by atoms with E-state index in [1.54, 1.807) is 29.2 Å². The number of aryl methyl sites for hydroxylation is 1. The van der Waals surface area contributed by atoms with Crippen molar-refractivity contribution in [3.63, 3.8) is 0 Å². The summed E-state index contributed by atoms with van der Waals surface area (Å²) in [5.41, 5.74) is 2.94. The van der Waals surface area contributed by atoms with Crippen LogP contribution in [0.5, 0.6) is 0 Å². The van der Waals surface area contributed by atoms with Crippen LogP contribution in [0.3, 0.4) is 0 Å². The Morgan fingerprint density at radius 2 is 1.89 bits per heavy atom. The highest BCUT2D eigenvalue weighted by Gasteiger charge is 2.23. The predicted molar refractivity (Wildman–Crippen MR) is 109 cm³/mol. The lowest BCUT2D eigenvalue weighted by Gasteiger charge is -2.24. The summed E-state index contributed by atoms with van der Waals surface area (Å²) in [5.74, 6) is -0.181. The van der Waals surface area contributed by atoms with Crippen molar-refractivity contribution in [3.05, 3.63) is 65.2 Å². The van der Waals surface area contributed by atoms with E-state index in [0.717, 1.165) is 24.0 Å². The summed E-state index contributed by atoms with van der Waals surface area (Å²) in [5, 5.41) is 16.1. The molecule has 0 spiro atoms. The van der Waals surface area contributed by atoms with Gasteiger partial charge in [-0.15, -0.1) is 0 Å². The molecule has 0 heterocycles. The Kier molecular flexibility index (Phi) is 6.31. The number of benzene rings is 2. The molecule has 1 aliphatic carbocycles. The zero-order valence-electron chi connectivity index (χ0n) is 16.3. The van der Waals surface area contributed by atoms with Crippen molar-refractivity contribution in [1.29, 1.82) is 0 Å². The van der Waals surface area contributed by atoms with E-state index in [-0.39, 0.29) is 24.5 Å². The molecule has 0 saturated heterocycles. The molecule has 1 fully saturated rings. The van der Waals surface area contributed by atoms with Gasteiger partial charge in [0.05, 0.1) is 12.6 Å². The number of hydrogen-bond donors (Lipinski definition) is 3. The smallest absolute Gasteiger partial charge is 0.319 e. The Morgan fingerprint density at radius 3 is 2.54 bits per heavy atom. The molecule has 2 aromatic carbocycles. The highest BCUT2D eigenvalue weighted by atomic mass is 16.3. The molecular weight excluding hydrogens is 354 g/mol. The van der Waals surface area contributed by atoms with Crippen LogP contribution in [0.1, 0.15) is 47.4 Å². The first-order valence-corrected chi connectivity index (χ1v) is 9.67. The molecular formula is C22H27N3O3. The molecule has 1 saturated carbocycles. The van der Waals surface area contributed by atoms with Gasteiger partial charge in [0, 0.05) is 23.8 Å². The number of aliphatic hydroxyl groups is 1.